The zero-order chi connectivity index (χ0) is 18.0. The van der Waals surface area contributed by atoms with Crippen LogP contribution in [-0.4, -0.2) is 35.0 Å². The number of hydrogen-bond acceptors (Lipinski definition) is 3. The minimum Gasteiger partial charge on any atom is -0.444 e. The third kappa shape index (κ3) is 4.54. The molecule has 0 bridgehead atoms. The van der Waals surface area contributed by atoms with Crippen molar-refractivity contribution in [3.8, 4) is 0 Å². The van der Waals surface area contributed by atoms with Crippen LogP contribution in [0.15, 0.2) is 30.3 Å². The van der Waals surface area contributed by atoms with Gasteiger partial charge in [0.2, 0.25) is 5.91 Å². The van der Waals surface area contributed by atoms with E-state index in [-0.39, 0.29) is 12.5 Å². The second kappa shape index (κ2) is 6.81. The van der Waals surface area contributed by atoms with Gasteiger partial charge in [0.15, 0.2) is 0 Å². The van der Waals surface area contributed by atoms with E-state index in [9.17, 15) is 9.59 Å². The van der Waals surface area contributed by atoms with Crippen molar-refractivity contribution >= 4 is 35.2 Å². The van der Waals surface area contributed by atoms with Crippen molar-refractivity contribution in [2.75, 3.05) is 13.1 Å². The smallest absolute Gasteiger partial charge is 0.408 e. The molecule has 24 heavy (non-hydrogen) atoms. The lowest BCUT2D eigenvalue weighted by Crippen LogP contribution is -2.42. The highest BCUT2D eigenvalue weighted by atomic mass is 35.5. The Kier molecular flexibility index (Phi) is 5.35. The van der Waals surface area contributed by atoms with E-state index in [1.165, 1.54) is 0 Å². The monoisotopic (exact) mass is 372 g/mol. The quantitative estimate of drug-likeness (QED) is 0.780. The summed E-state index contributed by atoms with van der Waals surface area (Å²) in [4.78, 5) is 23.5. The molecule has 1 atom stereocenters. The number of carbonyl (C=O) groups excluding carboxylic acids is 2. The molecule has 2 amide bonds. The number of hydrogen-bond donors (Lipinski definition) is 2. The third-order valence-corrected chi connectivity index (χ3v) is 4.80. The minimum atomic E-state index is -0.903. The van der Waals surface area contributed by atoms with Gasteiger partial charge in [0.25, 0.3) is 0 Å². The highest BCUT2D eigenvalue weighted by molar-refractivity contribution is 6.52. The molecule has 0 saturated heterocycles. The first kappa shape index (κ1) is 18.9. The SMILES string of the molecule is CC(C)(C)OC(=O)NCC(=O)NCC1(c2ccccc2)CC1(Cl)Cl. The van der Waals surface area contributed by atoms with Crippen molar-refractivity contribution in [2.24, 2.45) is 0 Å². The summed E-state index contributed by atoms with van der Waals surface area (Å²) in [6.45, 7) is 5.40. The fourth-order valence-electron chi connectivity index (χ4n) is 2.48. The topological polar surface area (TPSA) is 67.4 Å². The zero-order valence-electron chi connectivity index (χ0n) is 14.0. The Morgan fingerprint density at radius 2 is 1.75 bits per heavy atom. The molecule has 1 aromatic rings. The first-order valence-corrected chi connectivity index (χ1v) is 8.48. The van der Waals surface area contributed by atoms with E-state index >= 15 is 0 Å². The van der Waals surface area contributed by atoms with Crippen molar-refractivity contribution in [3.05, 3.63) is 35.9 Å². The molecule has 1 aliphatic rings. The van der Waals surface area contributed by atoms with Gasteiger partial charge in [-0.25, -0.2) is 4.79 Å². The van der Waals surface area contributed by atoms with Crippen molar-refractivity contribution in [1.29, 1.82) is 0 Å². The van der Waals surface area contributed by atoms with E-state index < -0.39 is 21.4 Å². The Hall–Kier alpha value is -1.46. The van der Waals surface area contributed by atoms with Gasteiger partial charge in [-0.15, -0.1) is 23.2 Å². The number of nitrogens with one attached hydrogen (secondary N) is 2. The molecule has 0 radical (unpaired) electrons. The standard InChI is InChI=1S/C17H22Cl2N2O3/c1-15(2,3)24-14(23)20-9-13(22)21-11-16(10-17(16,18)19)12-7-5-4-6-8-12/h4-8H,9-11H2,1-3H3,(H,20,23)(H,21,22). The van der Waals surface area contributed by atoms with Gasteiger partial charge in [0.1, 0.15) is 9.93 Å². The predicted octanol–water partition coefficient (Wildman–Crippen LogP) is 3.14. The van der Waals surface area contributed by atoms with E-state index in [1.807, 2.05) is 30.3 Å². The second-order valence-corrected chi connectivity index (χ2v) is 8.45. The first-order valence-electron chi connectivity index (χ1n) is 7.73. The lowest BCUT2D eigenvalue weighted by Gasteiger charge is -2.21. The molecule has 2 rings (SSSR count). The Morgan fingerprint density at radius 1 is 1.17 bits per heavy atom. The second-order valence-electron chi connectivity index (χ2n) is 6.96. The fraction of sp³-hybridized carbons (Fsp3) is 0.529. The van der Waals surface area contributed by atoms with Crippen LogP contribution in [0.1, 0.15) is 32.8 Å². The fourth-order valence-corrected chi connectivity index (χ4v) is 3.29. The van der Waals surface area contributed by atoms with Crippen LogP contribution in [0, 0.1) is 0 Å². The summed E-state index contributed by atoms with van der Waals surface area (Å²) in [5.41, 5.74) is -0.128. The van der Waals surface area contributed by atoms with Gasteiger partial charge in [-0.2, -0.15) is 0 Å². The number of halogens is 2. The molecule has 5 nitrogen and oxygen atoms in total. The molecule has 0 aromatic heterocycles. The van der Waals surface area contributed by atoms with Crippen molar-refractivity contribution in [2.45, 2.75) is 42.5 Å². The van der Waals surface area contributed by atoms with Gasteiger partial charge in [0.05, 0.1) is 6.54 Å². The van der Waals surface area contributed by atoms with Crippen LogP contribution in [0.2, 0.25) is 0 Å². The summed E-state index contributed by atoms with van der Waals surface area (Å²) in [7, 11) is 0. The molecular formula is C17H22Cl2N2O3. The summed E-state index contributed by atoms with van der Waals surface area (Å²) in [6.07, 6.45) is -0.0710. The predicted molar refractivity (Wildman–Crippen MR) is 94.4 cm³/mol. The molecule has 0 aliphatic heterocycles. The van der Waals surface area contributed by atoms with E-state index in [1.54, 1.807) is 20.8 Å². The molecule has 7 heteroatoms. The molecule has 0 spiro atoms. The Labute approximate surface area is 152 Å². The molecule has 1 fully saturated rings. The molecule has 0 heterocycles. The highest BCUT2D eigenvalue weighted by Crippen LogP contribution is 2.64. The summed E-state index contributed by atoms with van der Waals surface area (Å²) in [6, 6.07) is 9.61. The molecule has 1 unspecified atom stereocenters. The van der Waals surface area contributed by atoms with Crippen LogP contribution in [0.25, 0.3) is 0 Å². The minimum absolute atomic E-state index is 0.169. The van der Waals surface area contributed by atoms with Crippen LogP contribution in [0.5, 0.6) is 0 Å². The molecule has 132 valence electrons. The Balaban J connectivity index is 1.86. The summed E-state index contributed by atoms with van der Waals surface area (Å²) in [5, 5.41) is 5.20. The summed E-state index contributed by atoms with van der Waals surface area (Å²) < 4.78 is 4.17. The highest BCUT2D eigenvalue weighted by Gasteiger charge is 2.67. The lowest BCUT2D eigenvalue weighted by molar-refractivity contribution is -0.120. The first-order chi connectivity index (χ1) is 11.1. The maximum absolute atomic E-state index is 12.0. The molecular weight excluding hydrogens is 351 g/mol. The number of alkyl halides is 2. The number of carbonyl (C=O) groups is 2. The molecule has 1 aliphatic carbocycles. The number of ether oxygens (including phenoxy) is 1. The van der Waals surface area contributed by atoms with Gasteiger partial charge >= 0.3 is 6.09 Å². The van der Waals surface area contributed by atoms with E-state index in [2.05, 4.69) is 10.6 Å². The molecule has 1 aromatic carbocycles. The van der Waals surface area contributed by atoms with Crippen LogP contribution >= 0.6 is 23.2 Å². The number of alkyl carbamates (subject to hydrolysis) is 1. The van der Waals surface area contributed by atoms with Crippen LogP contribution in [0.4, 0.5) is 4.79 Å². The van der Waals surface area contributed by atoms with Gasteiger partial charge in [-0.3, -0.25) is 4.79 Å². The maximum atomic E-state index is 12.0. The average Bonchev–Trinajstić information content (AvgIpc) is 3.05. The van der Waals surface area contributed by atoms with Gasteiger partial charge in [-0.1, -0.05) is 30.3 Å². The molecule has 1 saturated carbocycles. The number of benzene rings is 1. The summed E-state index contributed by atoms with van der Waals surface area (Å²) >= 11 is 12.6. The van der Waals surface area contributed by atoms with Crippen LogP contribution in [-0.2, 0) is 14.9 Å². The van der Waals surface area contributed by atoms with Crippen molar-refractivity contribution in [1.82, 2.24) is 10.6 Å². The van der Waals surface area contributed by atoms with Gasteiger partial charge in [0, 0.05) is 12.0 Å². The van der Waals surface area contributed by atoms with Crippen LogP contribution < -0.4 is 10.6 Å². The van der Waals surface area contributed by atoms with Gasteiger partial charge in [-0.05, 0) is 32.8 Å². The number of amides is 2. The number of rotatable bonds is 5. The van der Waals surface area contributed by atoms with E-state index in [4.69, 9.17) is 27.9 Å². The third-order valence-electron chi connectivity index (χ3n) is 3.80. The van der Waals surface area contributed by atoms with Gasteiger partial charge < -0.3 is 15.4 Å². The largest absolute Gasteiger partial charge is 0.444 e. The average molecular weight is 373 g/mol. The Morgan fingerprint density at radius 3 is 2.25 bits per heavy atom. The van der Waals surface area contributed by atoms with E-state index in [0.29, 0.717) is 13.0 Å². The lowest BCUT2D eigenvalue weighted by atomic mass is 9.96. The van der Waals surface area contributed by atoms with Crippen molar-refractivity contribution < 1.29 is 14.3 Å². The maximum Gasteiger partial charge on any atom is 0.408 e. The van der Waals surface area contributed by atoms with Crippen LogP contribution in [0.3, 0.4) is 0 Å². The normalized spacial score (nSPS) is 21.7. The zero-order valence-corrected chi connectivity index (χ0v) is 15.5. The molecule has 2 N–H and O–H groups in total. The van der Waals surface area contributed by atoms with Crippen molar-refractivity contribution in [3.63, 3.8) is 0 Å². The van der Waals surface area contributed by atoms with E-state index in [0.717, 1.165) is 5.56 Å². The Bertz CT molecular complexity index is 614. The summed E-state index contributed by atoms with van der Waals surface area (Å²) in [5.74, 6) is -0.327.